The van der Waals surface area contributed by atoms with Crippen LogP contribution in [0, 0.1) is 0 Å². The first-order valence-corrected chi connectivity index (χ1v) is 4.51. The highest BCUT2D eigenvalue weighted by molar-refractivity contribution is 5.85. The molecule has 0 radical (unpaired) electrons. The second-order valence-corrected chi connectivity index (χ2v) is 3.02. The van der Waals surface area contributed by atoms with Gasteiger partial charge in [-0.3, -0.25) is 0 Å². The van der Waals surface area contributed by atoms with Crippen LogP contribution in [0.3, 0.4) is 0 Å². The van der Waals surface area contributed by atoms with Crippen molar-refractivity contribution in [2.75, 3.05) is 0 Å². The van der Waals surface area contributed by atoms with Gasteiger partial charge in [0.05, 0.1) is 18.7 Å². The lowest BCUT2D eigenvalue weighted by atomic mass is 10.4. The summed E-state index contributed by atoms with van der Waals surface area (Å²) in [5.41, 5.74) is 0.860. The van der Waals surface area contributed by atoms with Crippen LogP contribution in [0.25, 0.3) is 11.5 Å². The molecular formula is C9H10N4O2. The van der Waals surface area contributed by atoms with E-state index in [0.717, 1.165) is 12.2 Å². The number of carboxylic acid groups (broad SMARTS) is 1. The molecule has 0 aliphatic heterocycles. The normalized spacial score (nSPS) is 10.5. The fraction of sp³-hybridized carbons (Fsp3) is 0.222. The second kappa shape index (κ2) is 3.56. The fourth-order valence-electron chi connectivity index (χ4n) is 1.33. The summed E-state index contributed by atoms with van der Waals surface area (Å²) in [4.78, 5) is 21.3. The molecule has 2 rings (SSSR count). The molecule has 0 aliphatic rings. The molecule has 0 atom stereocenters. The van der Waals surface area contributed by atoms with E-state index in [9.17, 15) is 4.79 Å². The molecule has 0 aromatic carbocycles. The van der Waals surface area contributed by atoms with Gasteiger partial charge in [-0.05, 0) is 6.92 Å². The van der Waals surface area contributed by atoms with Crippen LogP contribution in [0.1, 0.15) is 17.4 Å². The van der Waals surface area contributed by atoms with E-state index in [1.54, 1.807) is 12.5 Å². The van der Waals surface area contributed by atoms with Crippen molar-refractivity contribution >= 4 is 5.97 Å². The third-order valence-corrected chi connectivity index (χ3v) is 2.10. The Labute approximate surface area is 85.6 Å². The number of aromatic carboxylic acids is 1. The minimum atomic E-state index is -1.02. The van der Waals surface area contributed by atoms with Gasteiger partial charge in [0.1, 0.15) is 11.4 Å². The quantitative estimate of drug-likeness (QED) is 0.784. The van der Waals surface area contributed by atoms with E-state index >= 15 is 0 Å². The number of carbonyl (C=O) groups is 1. The van der Waals surface area contributed by atoms with Crippen LogP contribution in [0.5, 0.6) is 0 Å². The van der Waals surface area contributed by atoms with Gasteiger partial charge in [-0.15, -0.1) is 0 Å². The maximum Gasteiger partial charge on any atom is 0.353 e. The third-order valence-electron chi connectivity index (χ3n) is 2.10. The summed E-state index contributed by atoms with van der Waals surface area (Å²) in [5.74, 6) is -0.497. The Morgan fingerprint density at radius 2 is 2.40 bits per heavy atom. The van der Waals surface area contributed by atoms with Gasteiger partial charge in [-0.2, -0.15) is 0 Å². The zero-order chi connectivity index (χ0) is 10.8. The molecule has 78 valence electrons. The van der Waals surface area contributed by atoms with Crippen molar-refractivity contribution < 1.29 is 9.90 Å². The summed E-state index contributed by atoms with van der Waals surface area (Å²) in [6.45, 7) is 2.74. The SMILES string of the molecule is CCn1cncc1-c1ncc(C(=O)O)[nH]1. The maximum absolute atomic E-state index is 10.6. The largest absolute Gasteiger partial charge is 0.477 e. The molecule has 2 heterocycles. The molecule has 0 saturated heterocycles. The van der Waals surface area contributed by atoms with E-state index < -0.39 is 5.97 Å². The Bertz CT molecular complexity index is 486. The number of aromatic amines is 1. The number of hydrogen-bond acceptors (Lipinski definition) is 3. The van der Waals surface area contributed by atoms with Crippen molar-refractivity contribution in [2.24, 2.45) is 0 Å². The first-order valence-electron chi connectivity index (χ1n) is 4.51. The molecule has 15 heavy (non-hydrogen) atoms. The van der Waals surface area contributed by atoms with E-state index in [1.165, 1.54) is 6.20 Å². The van der Waals surface area contributed by atoms with Gasteiger partial charge in [0.25, 0.3) is 0 Å². The van der Waals surface area contributed by atoms with E-state index in [4.69, 9.17) is 5.11 Å². The number of nitrogens with one attached hydrogen (secondary N) is 1. The van der Waals surface area contributed by atoms with Crippen LogP contribution in [0.2, 0.25) is 0 Å². The van der Waals surface area contributed by atoms with E-state index in [2.05, 4.69) is 15.0 Å². The Hall–Kier alpha value is -2.11. The van der Waals surface area contributed by atoms with Crippen LogP contribution >= 0.6 is 0 Å². The number of aromatic nitrogens is 4. The number of hydrogen-bond donors (Lipinski definition) is 2. The van der Waals surface area contributed by atoms with Gasteiger partial charge >= 0.3 is 5.97 Å². The van der Waals surface area contributed by atoms with E-state index in [1.807, 2.05) is 11.5 Å². The molecule has 2 N–H and O–H groups in total. The first kappa shape index (κ1) is 9.45. The minimum Gasteiger partial charge on any atom is -0.477 e. The molecule has 0 bridgehead atoms. The van der Waals surface area contributed by atoms with Gasteiger partial charge in [-0.1, -0.05) is 0 Å². The third kappa shape index (κ3) is 1.61. The molecule has 2 aromatic rings. The van der Waals surface area contributed by atoms with E-state index in [-0.39, 0.29) is 5.69 Å². The lowest BCUT2D eigenvalue weighted by molar-refractivity contribution is 0.0691. The summed E-state index contributed by atoms with van der Waals surface area (Å²) < 4.78 is 1.88. The Morgan fingerprint density at radius 3 is 3.00 bits per heavy atom. The monoisotopic (exact) mass is 206 g/mol. The zero-order valence-electron chi connectivity index (χ0n) is 8.14. The average Bonchev–Trinajstić information content (AvgIpc) is 2.85. The number of H-pyrrole nitrogens is 1. The predicted octanol–water partition coefficient (Wildman–Crippen LogP) is 0.991. The lowest BCUT2D eigenvalue weighted by Crippen LogP contribution is -1.98. The van der Waals surface area contributed by atoms with Gasteiger partial charge in [0, 0.05) is 6.54 Å². The lowest BCUT2D eigenvalue weighted by Gasteiger charge is -2.00. The van der Waals surface area contributed by atoms with Crippen molar-refractivity contribution in [3.63, 3.8) is 0 Å². The van der Waals surface area contributed by atoms with Crippen molar-refractivity contribution in [3.8, 4) is 11.5 Å². The molecule has 6 nitrogen and oxygen atoms in total. The smallest absolute Gasteiger partial charge is 0.353 e. The highest BCUT2D eigenvalue weighted by Crippen LogP contribution is 2.14. The Kier molecular flexibility index (Phi) is 2.24. The Morgan fingerprint density at radius 1 is 1.60 bits per heavy atom. The van der Waals surface area contributed by atoms with Crippen LogP contribution in [0.4, 0.5) is 0 Å². The van der Waals surface area contributed by atoms with Crippen molar-refractivity contribution in [1.29, 1.82) is 0 Å². The van der Waals surface area contributed by atoms with Crippen molar-refractivity contribution in [2.45, 2.75) is 13.5 Å². The molecule has 0 fully saturated rings. The number of rotatable bonds is 3. The topological polar surface area (TPSA) is 83.8 Å². The highest BCUT2D eigenvalue weighted by Gasteiger charge is 2.11. The standard InChI is InChI=1S/C9H10N4O2/c1-2-13-5-10-4-7(13)8-11-3-6(12-8)9(14)15/h3-5H,2H2,1H3,(H,11,12)(H,14,15). The first-order chi connectivity index (χ1) is 7.22. The summed E-state index contributed by atoms with van der Waals surface area (Å²) in [6.07, 6.45) is 4.62. The van der Waals surface area contributed by atoms with Crippen LogP contribution < -0.4 is 0 Å². The summed E-state index contributed by atoms with van der Waals surface area (Å²) in [7, 11) is 0. The van der Waals surface area contributed by atoms with Crippen LogP contribution in [-0.2, 0) is 6.54 Å². The molecule has 0 spiro atoms. The minimum absolute atomic E-state index is 0.0776. The molecule has 2 aromatic heterocycles. The summed E-state index contributed by atoms with van der Waals surface area (Å²) >= 11 is 0. The van der Waals surface area contributed by atoms with Crippen LogP contribution in [0.15, 0.2) is 18.7 Å². The molecular weight excluding hydrogens is 196 g/mol. The highest BCUT2D eigenvalue weighted by atomic mass is 16.4. The fourth-order valence-corrected chi connectivity index (χ4v) is 1.33. The number of nitrogens with zero attached hydrogens (tertiary/aromatic N) is 3. The van der Waals surface area contributed by atoms with Crippen LogP contribution in [-0.4, -0.2) is 30.6 Å². The Balaban J connectivity index is 2.41. The van der Waals surface area contributed by atoms with Crippen molar-refractivity contribution in [3.05, 3.63) is 24.4 Å². The zero-order valence-corrected chi connectivity index (χ0v) is 8.14. The summed E-state index contributed by atoms with van der Waals surface area (Å²) in [6, 6.07) is 0. The van der Waals surface area contributed by atoms with Gasteiger partial charge < -0.3 is 14.7 Å². The van der Waals surface area contributed by atoms with Gasteiger partial charge in [0.2, 0.25) is 0 Å². The molecule has 0 amide bonds. The number of imidazole rings is 2. The molecule has 6 heteroatoms. The van der Waals surface area contributed by atoms with Crippen molar-refractivity contribution in [1.82, 2.24) is 19.5 Å². The van der Waals surface area contributed by atoms with E-state index in [0.29, 0.717) is 5.82 Å². The maximum atomic E-state index is 10.6. The summed E-state index contributed by atoms with van der Waals surface area (Å²) in [5, 5.41) is 8.73. The predicted molar refractivity (Wildman–Crippen MR) is 52.4 cm³/mol. The molecule has 0 saturated carbocycles. The number of carboxylic acids is 1. The molecule has 0 aliphatic carbocycles. The van der Waals surface area contributed by atoms with Gasteiger partial charge in [-0.25, -0.2) is 14.8 Å². The average molecular weight is 206 g/mol. The molecule has 0 unspecified atom stereocenters. The second-order valence-electron chi connectivity index (χ2n) is 3.02. The van der Waals surface area contributed by atoms with Gasteiger partial charge in [0.15, 0.2) is 5.82 Å². The number of aryl methyl sites for hydroxylation is 1.